The second-order valence-corrected chi connectivity index (χ2v) is 5.61. The summed E-state index contributed by atoms with van der Waals surface area (Å²) < 4.78 is 12.7. The molecule has 4 heteroatoms. The molecule has 0 bridgehead atoms. The van der Waals surface area contributed by atoms with E-state index < -0.39 is 0 Å². The maximum absolute atomic E-state index is 12.7. The third-order valence-electron chi connectivity index (χ3n) is 3.96. The lowest BCUT2D eigenvalue weighted by atomic mass is 9.87. The monoisotopic (exact) mass is 279 g/mol. The molecule has 0 unspecified atom stereocenters. The number of nitrogens with one attached hydrogen (secondary N) is 1. The highest BCUT2D eigenvalue weighted by Gasteiger charge is 2.19. The van der Waals surface area contributed by atoms with Crippen LogP contribution in [0.4, 0.5) is 4.39 Å². The molecule has 0 heterocycles. The predicted octanol–water partition coefficient (Wildman–Crippen LogP) is 2.43. The maximum Gasteiger partial charge on any atom is 0.220 e. The Bertz CT molecular complexity index is 425. The zero-order valence-electron chi connectivity index (χ0n) is 11.6. The van der Waals surface area contributed by atoms with Crippen LogP contribution in [0.5, 0.6) is 0 Å². The van der Waals surface area contributed by atoms with Crippen molar-refractivity contribution in [3.05, 3.63) is 35.6 Å². The number of aliphatic hydroxyl groups excluding tert-OH is 1. The Labute approximate surface area is 119 Å². The number of halogens is 1. The minimum atomic E-state index is -0.252. The van der Waals surface area contributed by atoms with E-state index in [1.807, 2.05) is 0 Å². The molecule has 2 N–H and O–H groups in total. The van der Waals surface area contributed by atoms with Gasteiger partial charge in [-0.2, -0.15) is 0 Å². The van der Waals surface area contributed by atoms with Crippen LogP contribution < -0.4 is 5.32 Å². The average molecular weight is 279 g/mol. The van der Waals surface area contributed by atoms with E-state index in [-0.39, 0.29) is 17.8 Å². The number of aryl methyl sites for hydroxylation is 1. The van der Waals surface area contributed by atoms with Crippen LogP contribution in [0.15, 0.2) is 24.3 Å². The Morgan fingerprint density at radius 1 is 1.20 bits per heavy atom. The van der Waals surface area contributed by atoms with E-state index in [9.17, 15) is 14.3 Å². The first kappa shape index (κ1) is 15.0. The zero-order chi connectivity index (χ0) is 14.4. The van der Waals surface area contributed by atoms with Crippen molar-refractivity contribution in [2.24, 2.45) is 5.92 Å². The number of carbonyl (C=O) groups excluding carboxylic acids is 1. The highest BCUT2D eigenvalue weighted by atomic mass is 19.1. The first-order chi connectivity index (χ1) is 9.63. The Balaban J connectivity index is 1.64. The van der Waals surface area contributed by atoms with E-state index in [2.05, 4.69) is 5.32 Å². The average Bonchev–Trinajstić information content (AvgIpc) is 2.46. The lowest BCUT2D eigenvalue weighted by molar-refractivity contribution is -0.121. The van der Waals surface area contributed by atoms with Gasteiger partial charge >= 0.3 is 0 Å². The molecule has 1 aliphatic rings. The van der Waals surface area contributed by atoms with Crippen molar-refractivity contribution in [1.29, 1.82) is 0 Å². The molecule has 0 aliphatic heterocycles. The number of benzene rings is 1. The zero-order valence-corrected chi connectivity index (χ0v) is 11.6. The van der Waals surface area contributed by atoms with Gasteiger partial charge in [0.15, 0.2) is 0 Å². The van der Waals surface area contributed by atoms with Crippen molar-refractivity contribution in [3.8, 4) is 0 Å². The number of hydrogen-bond acceptors (Lipinski definition) is 2. The first-order valence-corrected chi connectivity index (χ1v) is 7.32. The van der Waals surface area contributed by atoms with Crippen LogP contribution in [0.2, 0.25) is 0 Å². The van der Waals surface area contributed by atoms with Crippen molar-refractivity contribution < 1.29 is 14.3 Å². The third kappa shape index (κ3) is 4.93. The quantitative estimate of drug-likeness (QED) is 0.869. The smallest absolute Gasteiger partial charge is 0.220 e. The molecule has 20 heavy (non-hydrogen) atoms. The van der Waals surface area contributed by atoms with Gasteiger partial charge in [-0.25, -0.2) is 4.39 Å². The van der Waals surface area contributed by atoms with Crippen molar-refractivity contribution in [2.45, 2.75) is 44.6 Å². The minimum Gasteiger partial charge on any atom is -0.393 e. The summed E-state index contributed by atoms with van der Waals surface area (Å²) in [6.07, 6.45) is 4.57. The maximum atomic E-state index is 12.7. The summed E-state index contributed by atoms with van der Waals surface area (Å²) in [5.74, 6) is 0.284. The Morgan fingerprint density at radius 3 is 2.50 bits per heavy atom. The minimum absolute atomic E-state index is 0.0421. The number of carbonyl (C=O) groups is 1. The Hall–Kier alpha value is -1.42. The van der Waals surface area contributed by atoms with E-state index in [4.69, 9.17) is 0 Å². The van der Waals surface area contributed by atoms with Gasteiger partial charge in [-0.15, -0.1) is 0 Å². The molecular weight excluding hydrogens is 257 g/mol. The van der Waals surface area contributed by atoms with Gasteiger partial charge in [0.05, 0.1) is 6.10 Å². The summed E-state index contributed by atoms with van der Waals surface area (Å²) in [4.78, 5) is 11.8. The summed E-state index contributed by atoms with van der Waals surface area (Å²) in [7, 11) is 0. The van der Waals surface area contributed by atoms with Crippen molar-refractivity contribution >= 4 is 5.91 Å². The van der Waals surface area contributed by atoms with Crippen LogP contribution in [0.25, 0.3) is 0 Å². The van der Waals surface area contributed by atoms with Crippen molar-refractivity contribution in [3.63, 3.8) is 0 Å². The van der Waals surface area contributed by atoms with E-state index in [0.717, 1.165) is 31.2 Å². The van der Waals surface area contributed by atoms with Gasteiger partial charge < -0.3 is 10.4 Å². The van der Waals surface area contributed by atoms with Crippen LogP contribution in [0.3, 0.4) is 0 Å². The standard InChI is InChI=1S/C16H22FNO2/c17-14-6-1-12(2-7-14)5-10-16(20)18-11-13-3-8-15(19)9-4-13/h1-2,6-7,13,15,19H,3-5,8-11H2,(H,18,20). The molecule has 1 fully saturated rings. The SMILES string of the molecule is O=C(CCc1ccc(F)cc1)NCC1CCC(O)CC1. The van der Waals surface area contributed by atoms with E-state index in [1.54, 1.807) is 12.1 Å². The summed E-state index contributed by atoms with van der Waals surface area (Å²) in [5.41, 5.74) is 0.974. The van der Waals surface area contributed by atoms with Crippen molar-refractivity contribution in [1.82, 2.24) is 5.32 Å². The summed E-state index contributed by atoms with van der Waals surface area (Å²) >= 11 is 0. The van der Waals surface area contributed by atoms with Gasteiger partial charge in [0.1, 0.15) is 5.82 Å². The molecule has 0 spiro atoms. The van der Waals surface area contributed by atoms with Crippen LogP contribution >= 0.6 is 0 Å². The number of hydrogen-bond donors (Lipinski definition) is 2. The van der Waals surface area contributed by atoms with Crippen LogP contribution in [0, 0.1) is 11.7 Å². The molecule has 1 aromatic rings. The van der Waals surface area contributed by atoms with Crippen LogP contribution in [0.1, 0.15) is 37.7 Å². The highest BCUT2D eigenvalue weighted by Crippen LogP contribution is 2.23. The second-order valence-electron chi connectivity index (χ2n) is 5.61. The van der Waals surface area contributed by atoms with Gasteiger partial charge in [-0.05, 0) is 55.7 Å². The number of amides is 1. The molecule has 0 saturated heterocycles. The molecule has 0 radical (unpaired) electrons. The van der Waals surface area contributed by atoms with E-state index in [0.29, 0.717) is 25.3 Å². The molecule has 1 saturated carbocycles. The summed E-state index contributed by atoms with van der Waals surface area (Å²) in [5, 5.41) is 12.4. The summed E-state index contributed by atoms with van der Waals surface area (Å²) in [6, 6.07) is 6.26. The third-order valence-corrected chi connectivity index (χ3v) is 3.96. The molecular formula is C16H22FNO2. The molecule has 1 amide bonds. The lowest BCUT2D eigenvalue weighted by Crippen LogP contribution is -2.32. The Kier molecular flexibility index (Phi) is 5.53. The fourth-order valence-electron chi connectivity index (χ4n) is 2.60. The second kappa shape index (κ2) is 7.39. The normalized spacial score (nSPS) is 22.5. The molecule has 1 aromatic carbocycles. The largest absolute Gasteiger partial charge is 0.393 e. The fraction of sp³-hybridized carbons (Fsp3) is 0.562. The topological polar surface area (TPSA) is 49.3 Å². The molecule has 3 nitrogen and oxygen atoms in total. The van der Waals surface area contributed by atoms with Crippen LogP contribution in [-0.2, 0) is 11.2 Å². The van der Waals surface area contributed by atoms with E-state index in [1.165, 1.54) is 12.1 Å². The molecule has 2 rings (SSSR count). The van der Waals surface area contributed by atoms with Gasteiger partial charge in [-0.1, -0.05) is 12.1 Å². The number of aliphatic hydroxyl groups is 1. The predicted molar refractivity (Wildman–Crippen MR) is 75.7 cm³/mol. The van der Waals surface area contributed by atoms with E-state index >= 15 is 0 Å². The summed E-state index contributed by atoms with van der Waals surface area (Å²) in [6.45, 7) is 0.703. The molecule has 1 aliphatic carbocycles. The molecule has 110 valence electrons. The van der Waals surface area contributed by atoms with Gasteiger partial charge in [-0.3, -0.25) is 4.79 Å². The van der Waals surface area contributed by atoms with Gasteiger partial charge in [0, 0.05) is 13.0 Å². The van der Waals surface area contributed by atoms with Gasteiger partial charge in [0.2, 0.25) is 5.91 Å². The highest BCUT2D eigenvalue weighted by molar-refractivity contribution is 5.76. The van der Waals surface area contributed by atoms with Crippen LogP contribution in [-0.4, -0.2) is 23.7 Å². The first-order valence-electron chi connectivity index (χ1n) is 7.32. The van der Waals surface area contributed by atoms with Gasteiger partial charge in [0.25, 0.3) is 0 Å². The van der Waals surface area contributed by atoms with Crippen molar-refractivity contribution in [2.75, 3.05) is 6.54 Å². The lowest BCUT2D eigenvalue weighted by Gasteiger charge is -2.25. The fourth-order valence-corrected chi connectivity index (χ4v) is 2.60. The number of rotatable bonds is 5. The molecule has 0 atom stereocenters. The Morgan fingerprint density at radius 2 is 1.85 bits per heavy atom. The molecule has 0 aromatic heterocycles.